The third-order valence-corrected chi connectivity index (χ3v) is 5.72. The quantitative estimate of drug-likeness (QED) is 0.909. The Balaban J connectivity index is 1.83. The molecule has 2 heteroatoms. The molecule has 3 rings (SSSR count). The lowest BCUT2D eigenvalue weighted by atomic mass is 9.89. The molecule has 1 spiro atoms. The Morgan fingerprint density at radius 2 is 2.00 bits per heavy atom. The molecule has 1 heterocycles. The van der Waals surface area contributed by atoms with E-state index in [-0.39, 0.29) is 0 Å². The van der Waals surface area contributed by atoms with Crippen LogP contribution in [0.2, 0.25) is 0 Å². The first-order valence-electron chi connectivity index (χ1n) is 8.67. The summed E-state index contributed by atoms with van der Waals surface area (Å²) in [4.78, 5) is 2.81. The molecule has 2 nitrogen and oxygen atoms in total. The van der Waals surface area contributed by atoms with Crippen LogP contribution in [0.4, 0.5) is 0 Å². The van der Waals surface area contributed by atoms with Crippen molar-refractivity contribution in [3.8, 4) is 0 Å². The zero-order chi connectivity index (χ0) is 14.9. The van der Waals surface area contributed by atoms with Crippen LogP contribution >= 0.6 is 0 Å². The van der Waals surface area contributed by atoms with Gasteiger partial charge in [-0.3, -0.25) is 4.90 Å². The summed E-state index contributed by atoms with van der Waals surface area (Å²) in [5.41, 5.74) is 4.79. The normalized spacial score (nSPS) is 25.6. The van der Waals surface area contributed by atoms with Crippen molar-refractivity contribution >= 4 is 0 Å². The van der Waals surface area contributed by atoms with Crippen molar-refractivity contribution < 1.29 is 0 Å². The lowest BCUT2D eigenvalue weighted by molar-refractivity contribution is 0.0348. The molecular formula is C19H30N2. The van der Waals surface area contributed by atoms with Gasteiger partial charge in [0.05, 0.1) is 0 Å². The van der Waals surface area contributed by atoms with Gasteiger partial charge >= 0.3 is 0 Å². The predicted molar refractivity (Wildman–Crippen MR) is 89.6 cm³/mol. The molecule has 0 amide bonds. The third kappa shape index (κ3) is 3.02. The zero-order valence-corrected chi connectivity index (χ0v) is 13.9. The van der Waals surface area contributed by atoms with E-state index in [0.29, 0.717) is 11.6 Å². The van der Waals surface area contributed by atoms with Crippen LogP contribution in [0, 0.1) is 13.8 Å². The number of hydrogen-bond donors (Lipinski definition) is 1. The largest absolute Gasteiger partial charge is 0.311 e. The number of nitrogens with zero attached hydrogens (tertiary/aromatic N) is 1. The van der Waals surface area contributed by atoms with Gasteiger partial charge in [0.1, 0.15) is 0 Å². The van der Waals surface area contributed by atoms with Crippen molar-refractivity contribution in [2.24, 2.45) is 0 Å². The first kappa shape index (κ1) is 15.1. The summed E-state index contributed by atoms with van der Waals surface area (Å²) < 4.78 is 0. The summed E-state index contributed by atoms with van der Waals surface area (Å²) in [5.74, 6) is 0. The van der Waals surface area contributed by atoms with E-state index in [1.807, 2.05) is 0 Å². The predicted octanol–water partition coefficient (Wildman–Crippen LogP) is 3.80. The average Bonchev–Trinajstić information content (AvgIpc) is 2.95. The van der Waals surface area contributed by atoms with Gasteiger partial charge in [-0.2, -0.15) is 0 Å². The van der Waals surface area contributed by atoms with Crippen molar-refractivity contribution in [2.75, 3.05) is 13.1 Å². The summed E-state index contributed by atoms with van der Waals surface area (Å²) in [6.45, 7) is 10.3. The average molecular weight is 286 g/mol. The molecule has 0 radical (unpaired) electrons. The first-order valence-corrected chi connectivity index (χ1v) is 8.67. The lowest BCUT2D eigenvalue weighted by Crippen LogP contribution is -2.63. The number of piperazine rings is 1. The van der Waals surface area contributed by atoms with Crippen molar-refractivity contribution in [2.45, 2.75) is 71.0 Å². The molecule has 116 valence electrons. The van der Waals surface area contributed by atoms with E-state index in [0.717, 1.165) is 6.54 Å². The number of benzene rings is 1. The smallest absolute Gasteiger partial charge is 0.0338 e. The highest BCUT2D eigenvalue weighted by Gasteiger charge is 2.43. The van der Waals surface area contributed by atoms with Crippen LogP contribution in [-0.4, -0.2) is 29.6 Å². The minimum Gasteiger partial charge on any atom is -0.311 e. The zero-order valence-electron chi connectivity index (χ0n) is 13.9. The van der Waals surface area contributed by atoms with Crippen LogP contribution in [0.5, 0.6) is 0 Å². The monoisotopic (exact) mass is 286 g/mol. The summed E-state index contributed by atoms with van der Waals surface area (Å²) in [5, 5.41) is 3.80. The molecule has 0 bridgehead atoms. The maximum absolute atomic E-state index is 3.80. The molecular weight excluding hydrogens is 256 g/mol. The third-order valence-electron chi connectivity index (χ3n) is 5.72. The van der Waals surface area contributed by atoms with Crippen LogP contribution in [0.1, 0.15) is 55.7 Å². The summed E-state index contributed by atoms with van der Waals surface area (Å²) >= 11 is 0. The fraction of sp³-hybridized carbons (Fsp3) is 0.684. The van der Waals surface area contributed by atoms with E-state index in [9.17, 15) is 0 Å². The topological polar surface area (TPSA) is 15.3 Å². The maximum atomic E-state index is 3.80. The van der Waals surface area contributed by atoms with E-state index < -0.39 is 0 Å². The van der Waals surface area contributed by atoms with E-state index in [2.05, 4.69) is 49.2 Å². The van der Waals surface area contributed by atoms with Crippen molar-refractivity contribution in [1.82, 2.24) is 10.2 Å². The molecule has 1 saturated carbocycles. The van der Waals surface area contributed by atoms with Gasteiger partial charge in [0.15, 0.2) is 0 Å². The Morgan fingerprint density at radius 3 is 2.71 bits per heavy atom. The van der Waals surface area contributed by atoms with Gasteiger partial charge in [0.25, 0.3) is 0 Å². The van der Waals surface area contributed by atoms with Gasteiger partial charge in [0.2, 0.25) is 0 Å². The molecule has 0 aromatic heterocycles. The summed E-state index contributed by atoms with van der Waals surface area (Å²) in [6, 6.07) is 7.57. The van der Waals surface area contributed by atoms with E-state index in [1.54, 1.807) is 0 Å². The first-order chi connectivity index (χ1) is 10.1. The standard InChI is InChI=1S/C19H30N2/c1-4-18-13-21(19(14-20-18)9-5-6-10-19)12-17-11-15(2)7-8-16(17)3/h7-8,11,18,20H,4-6,9-10,12-14H2,1-3H3. The van der Waals surface area contributed by atoms with Gasteiger partial charge in [0, 0.05) is 31.2 Å². The highest BCUT2D eigenvalue weighted by atomic mass is 15.3. The number of hydrogen-bond acceptors (Lipinski definition) is 2. The van der Waals surface area contributed by atoms with Gasteiger partial charge in [-0.05, 0) is 44.2 Å². The van der Waals surface area contributed by atoms with Gasteiger partial charge < -0.3 is 5.32 Å². The van der Waals surface area contributed by atoms with E-state index in [4.69, 9.17) is 0 Å². The van der Waals surface area contributed by atoms with Gasteiger partial charge in [-0.1, -0.05) is 43.5 Å². The van der Waals surface area contributed by atoms with Gasteiger partial charge in [-0.25, -0.2) is 0 Å². The van der Waals surface area contributed by atoms with E-state index >= 15 is 0 Å². The second-order valence-electron chi connectivity index (χ2n) is 7.23. The Kier molecular flexibility index (Phi) is 4.37. The Hall–Kier alpha value is -0.860. The lowest BCUT2D eigenvalue weighted by Gasteiger charge is -2.48. The molecule has 1 atom stereocenters. The van der Waals surface area contributed by atoms with Crippen molar-refractivity contribution in [1.29, 1.82) is 0 Å². The Morgan fingerprint density at radius 1 is 1.24 bits per heavy atom. The van der Waals surface area contributed by atoms with Crippen LogP contribution in [0.25, 0.3) is 0 Å². The maximum Gasteiger partial charge on any atom is 0.0338 e. The number of rotatable bonds is 3. The minimum atomic E-state index is 0.432. The molecule has 1 saturated heterocycles. The van der Waals surface area contributed by atoms with Gasteiger partial charge in [-0.15, -0.1) is 0 Å². The molecule has 2 fully saturated rings. The molecule has 1 aliphatic heterocycles. The molecule has 1 aromatic rings. The molecule has 1 aliphatic carbocycles. The summed E-state index contributed by atoms with van der Waals surface area (Å²) in [6.07, 6.45) is 6.80. The fourth-order valence-electron chi connectivity index (χ4n) is 4.18. The summed E-state index contributed by atoms with van der Waals surface area (Å²) in [7, 11) is 0. The number of aryl methyl sites for hydroxylation is 2. The van der Waals surface area contributed by atoms with Crippen molar-refractivity contribution in [3.05, 3.63) is 34.9 Å². The van der Waals surface area contributed by atoms with E-state index in [1.165, 1.54) is 61.9 Å². The highest BCUT2D eigenvalue weighted by Crippen LogP contribution is 2.38. The molecule has 21 heavy (non-hydrogen) atoms. The Labute approximate surface area is 129 Å². The fourth-order valence-corrected chi connectivity index (χ4v) is 4.18. The SMILES string of the molecule is CCC1CN(Cc2cc(C)ccc2C)C2(CCCC2)CN1. The Bertz CT molecular complexity index is 488. The van der Waals surface area contributed by atoms with Crippen LogP contribution in [0.3, 0.4) is 0 Å². The second kappa shape index (κ2) is 6.10. The van der Waals surface area contributed by atoms with Crippen LogP contribution in [-0.2, 0) is 6.54 Å². The molecule has 1 unspecified atom stereocenters. The molecule has 1 aromatic carbocycles. The second-order valence-corrected chi connectivity index (χ2v) is 7.23. The van der Waals surface area contributed by atoms with Crippen LogP contribution < -0.4 is 5.32 Å². The molecule has 2 aliphatic rings. The van der Waals surface area contributed by atoms with Crippen molar-refractivity contribution in [3.63, 3.8) is 0 Å². The highest BCUT2D eigenvalue weighted by molar-refractivity contribution is 5.30. The number of nitrogens with one attached hydrogen (secondary N) is 1. The van der Waals surface area contributed by atoms with Crippen LogP contribution in [0.15, 0.2) is 18.2 Å². The minimum absolute atomic E-state index is 0.432. The molecule has 1 N–H and O–H groups in total.